The molecule has 0 radical (unpaired) electrons. The van der Waals surface area contributed by atoms with Crippen molar-refractivity contribution in [2.24, 2.45) is 5.73 Å². The second-order valence-corrected chi connectivity index (χ2v) is 5.00. The number of aromatic hydroxyl groups is 1. The Labute approximate surface area is 113 Å². The SMILES string of the molecule is NC(Cc1ccc(O)cc1)C(=O)NN1CCCCC1. The van der Waals surface area contributed by atoms with Crippen LogP contribution in [-0.2, 0) is 11.2 Å². The van der Waals surface area contributed by atoms with Crippen LogP contribution in [0.2, 0.25) is 0 Å². The molecule has 104 valence electrons. The van der Waals surface area contributed by atoms with E-state index in [1.54, 1.807) is 24.3 Å². The van der Waals surface area contributed by atoms with Crippen molar-refractivity contribution >= 4 is 5.91 Å². The minimum absolute atomic E-state index is 0.144. The van der Waals surface area contributed by atoms with Gasteiger partial charge in [0.15, 0.2) is 0 Å². The molecule has 1 saturated heterocycles. The molecule has 1 aromatic carbocycles. The predicted octanol–water partition coefficient (Wildman–Crippen LogP) is 0.779. The highest BCUT2D eigenvalue weighted by Crippen LogP contribution is 2.11. The Bertz CT molecular complexity index is 413. The lowest BCUT2D eigenvalue weighted by molar-refractivity contribution is -0.127. The third kappa shape index (κ3) is 4.22. The van der Waals surface area contributed by atoms with Crippen molar-refractivity contribution in [2.75, 3.05) is 13.1 Å². The van der Waals surface area contributed by atoms with Crippen LogP contribution >= 0.6 is 0 Å². The molecule has 1 aliphatic rings. The number of hydrogen-bond acceptors (Lipinski definition) is 4. The molecule has 19 heavy (non-hydrogen) atoms. The van der Waals surface area contributed by atoms with E-state index >= 15 is 0 Å². The van der Waals surface area contributed by atoms with Gasteiger partial charge in [-0.15, -0.1) is 0 Å². The van der Waals surface area contributed by atoms with Crippen LogP contribution in [0.5, 0.6) is 5.75 Å². The molecular formula is C14H21N3O2. The van der Waals surface area contributed by atoms with Gasteiger partial charge in [-0.2, -0.15) is 0 Å². The molecule has 1 atom stereocenters. The molecule has 1 aromatic rings. The standard InChI is InChI=1S/C14H21N3O2/c15-13(10-11-4-6-12(18)7-5-11)14(19)16-17-8-2-1-3-9-17/h4-7,13,18H,1-3,8-10,15H2,(H,16,19). The molecule has 0 bridgehead atoms. The fourth-order valence-corrected chi connectivity index (χ4v) is 2.22. The molecule has 0 aromatic heterocycles. The van der Waals surface area contributed by atoms with Gasteiger partial charge in [-0.1, -0.05) is 18.6 Å². The molecule has 1 fully saturated rings. The van der Waals surface area contributed by atoms with Gasteiger partial charge < -0.3 is 10.8 Å². The lowest BCUT2D eigenvalue weighted by Crippen LogP contribution is -2.51. The molecule has 0 aliphatic carbocycles. The number of phenols is 1. The van der Waals surface area contributed by atoms with Gasteiger partial charge in [0.05, 0.1) is 6.04 Å². The van der Waals surface area contributed by atoms with Gasteiger partial charge in [0, 0.05) is 13.1 Å². The molecular weight excluding hydrogens is 242 g/mol. The normalized spacial score (nSPS) is 17.9. The third-order valence-corrected chi connectivity index (χ3v) is 3.35. The van der Waals surface area contributed by atoms with E-state index in [0.29, 0.717) is 6.42 Å². The number of piperidine rings is 1. The summed E-state index contributed by atoms with van der Waals surface area (Å²) >= 11 is 0. The number of hydrogen-bond donors (Lipinski definition) is 3. The highest BCUT2D eigenvalue weighted by molar-refractivity contribution is 5.81. The molecule has 1 heterocycles. The highest BCUT2D eigenvalue weighted by Gasteiger charge is 2.18. The number of rotatable bonds is 4. The zero-order valence-corrected chi connectivity index (χ0v) is 11.0. The fraction of sp³-hybridized carbons (Fsp3) is 0.500. The van der Waals surface area contributed by atoms with Gasteiger partial charge in [-0.05, 0) is 37.0 Å². The molecule has 5 nitrogen and oxygen atoms in total. The Morgan fingerprint density at radius 1 is 1.26 bits per heavy atom. The van der Waals surface area contributed by atoms with E-state index in [1.165, 1.54) is 6.42 Å². The Kier molecular flexibility index (Phi) is 4.76. The first-order valence-electron chi connectivity index (χ1n) is 6.74. The smallest absolute Gasteiger partial charge is 0.251 e. The number of benzene rings is 1. The minimum Gasteiger partial charge on any atom is -0.508 e. The fourth-order valence-electron chi connectivity index (χ4n) is 2.22. The topological polar surface area (TPSA) is 78.6 Å². The average Bonchev–Trinajstić information content (AvgIpc) is 2.42. The Morgan fingerprint density at radius 2 is 1.89 bits per heavy atom. The Hall–Kier alpha value is -1.59. The van der Waals surface area contributed by atoms with E-state index in [4.69, 9.17) is 5.73 Å². The van der Waals surface area contributed by atoms with E-state index in [-0.39, 0.29) is 11.7 Å². The molecule has 4 N–H and O–H groups in total. The van der Waals surface area contributed by atoms with Gasteiger partial charge >= 0.3 is 0 Å². The quantitative estimate of drug-likeness (QED) is 0.750. The minimum atomic E-state index is -0.563. The number of nitrogens with zero attached hydrogens (tertiary/aromatic N) is 1. The van der Waals surface area contributed by atoms with Crippen LogP contribution < -0.4 is 11.2 Å². The average molecular weight is 263 g/mol. The summed E-state index contributed by atoms with van der Waals surface area (Å²) in [6, 6.07) is 6.20. The summed E-state index contributed by atoms with van der Waals surface area (Å²) in [4.78, 5) is 12.0. The summed E-state index contributed by atoms with van der Waals surface area (Å²) in [6.45, 7) is 1.80. The third-order valence-electron chi connectivity index (χ3n) is 3.35. The summed E-state index contributed by atoms with van der Waals surface area (Å²) in [5.41, 5.74) is 9.72. The van der Waals surface area contributed by atoms with E-state index in [2.05, 4.69) is 5.43 Å². The van der Waals surface area contributed by atoms with Crippen LogP contribution in [0.1, 0.15) is 24.8 Å². The summed E-state index contributed by atoms with van der Waals surface area (Å²) in [5.74, 6) is 0.0741. The number of nitrogens with one attached hydrogen (secondary N) is 1. The maximum absolute atomic E-state index is 12.0. The van der Waals surface area contributed by atoms with E-state index in [9.17, 15) is 9.90 Å². The number of carbonyl (C=O) groups is 1. The van der Waals surface area contributed by atoms with Crippen LogP contribution in [0.3, 0.4) is 0 Å². The summed E-state index contributed by atoms with van der Waals surface area (Å²) in [7, 11) is 0. The van der Waals surface area contributed by atoms with E-state index in [0.717, 1.165) is 31.5 Å². The van der Waals surface area contributed by atoms with Crippen molar-refractivity contribution < 1.29 is 9.90 Å². The number of phenolic OH excluding ortho intramolecular Hbond substituents is 1. The number of nitrogens with two attached hydrogens (primary N) is 1. The molecule has 0 saturated carbocycles. The second kappa shape index (κ2) is 6.54. The Balaban J connectivity index is 1.83. The van der Waals surface area contributed by atoms with Crippen molar-refractivity contribution in [3.63, 3.8) is 0 Å². The van der Waals surface area contributed by atoms with Gasteiger partial charge in [0.25, 0.3) is 5.91 Å². The zero-order chi connectivity index (χ0) is 13.7. The molecule has 1 aliphatic heterocycles. The van der Waals surface area contributed by atoms with Crippen LogP contribution in [0.25, 0.3) is 0 Å². The highest BCUT2D eigenvalue weighted by atomic mass is 16.3. The van der Waals surface area contributed by atoms with Gasteiger partial charge in [-0.3, -0.25) is 10.2 Å². The summed E-state index contributed by atoms with van der Waals surface area (Å²) in [5, 5.41) is 11.1. The molecule has 2 rings (SSSR count). The summed E-state index contributed by atoms with van der Waals surface area (Å²) in [6.07, 6.45) is 3.94. The van der Waals surface area contributed by atoms with Crippen LogP contribution in [-0.4, -0.2) is 35.2 Å². The predicted molar refractivity (Wildman–Crippen MR) is 73.4 cm³/mol. The number of hydrazine groups is 1. The molecule has 1 amide bonds. The van der Waals surface area contributed by atoms with Crippen molar-refractivity contribution in [1.29, 1.82) is 0 Å². The molecule has 0 spiro atoms. The second-order valence-electron chi connectivity index (χ2n) is 5.00. The maximum Gasteiger partial charge on any atom is 0.251 e. The summed E-state index contributed by atoms with van der Waals surface area (Å²) < 4.78 is 0. The first kappa shape index (κ1) is 13.8. The monoisotopic (exact) mass is 263 g/mol. The first-order chi connectivity index (χ1) is 9.15. The van der Waals surface area contributed by atoms with Crippen LogP contribution in [0.4, 0.5) is 0 Å². The lowest BCUT2D eigenvalue weighted by atomic mass is 10.1. The Morgan fingerprint density at radius 3 is 2.53 bits per heavy atom. The zero-order valence-electron chi connectivity index (χ0n) is 11.0. The van der Waals surface area contributed by atoms with E-state index in [1.807, 2.05) is 5.01 Å². The van der Waals surface area contributed by atoms with Crippen molar-refractivity contribution in [3.05, 3.63) is 29.8 Å². The first-order valence-corrected chi connectivity index (χ1v) is 6.74. The molecule has 5 heteroatoms. The van der Waals surface area contributed by atoms with Crippen LogP contribution in [0, 0.1) is 0 Å². The van der Waals surface area contributed by atoms with Gasteiger partial charge in [-0.25, -0.2) is 5.01 Å². The van der Waals surface area contributed by atoms with Crippen LogP contribution in [0.15, 0.2) is 24.3 Å². The van der Waals surface area contributed by atoms with E-state index < -0.39 is 6.04 Å². The van der Waals surface area contributed by atoms with Crippen molar-refractivity contribution in [2.45, 2.75) is 31.7 Å². The largest absolute Gasteiger partial charge is 0.508 e. The maximum atomic E-state index is 12.0. The van der Waals surface area contributed by atoms with Gasteiger partial charge in [0.1, 0.15) is 5.75 Å². The molecule has 1 unspecified atom stereocenters. The van der Waals surface area contributed by atoms with Gasteiger partial charge in [0.2, 0.25) is 0 Å². The lowest BCUT2D eigenvalue weighted by Gasteiger charge is -2.28. The van der Waals surface area contributed by atoms with Crippen molar-refractivity contribution in [1.82, 2.24) is 10.4 Å². The number of amides is 1. The number of carbonyl (C=O) groups excluding carboxylic acids is 1. The van der Waals surface area contributed by atoms with Crippen molar-refractivity contribution in [3.8, 4) is 5.75 Å².